The molecule has 0 N–H and O–H groups in total. The van der Waals surface area contributed by atoms with Crippen molar-refractivity contribution in [2.75, 3.05) is 24.5 Å². The van der Waals surface area contributed by atoms with Gasteiger partial charge in [0.2, 0.25) is 12.4 Å². The number of nitrogens with zero attached hydrogens (tertiary/aromatic N) is 6. The standard InChI is InChI=1S/C10H10F3N3OS.C7H5ClF3N.C3H6N2OS.CH4/c1-18(17,16-7-14)5-4-8-2-3-9(15-6-8)10(11,12)13;8-3-5-1-2-6(12-4-5)7(9,10)11;1-7(2,6)5-3-4;/h2-3,6H,4-5H2,1H3;1-2,4H,3H2;1-2H3;1H4. The van der Waals surface area contributed by atoms with E-state index in [-0.39, 0.29) is 25.5 Å². The van der Waals surface area contributed by atoms with Gasteiger partial charge in [0.25, 0.3) is 0 Å². The number of hydrogen-bond acceptors (Lipinski definition) is 8. The molecule has 0 aliphatic heterocycles. The van der Waals surface area contributed by atoms with Crippen molar-refractivity contribution in [2.45, 2.75) is 32.1 Å². The first kappa shape index (κ1) is 37.2. The second-order valence-corrected chi connectivity index (χ2v) is 12.5. The van der Waals surface area contributed by atoms with E-state index in [9.17, 15) is 34.8 Å². The molecule has 17 heteroatoms. The Morgan fingerprint density at radius 3 is 1.53 bits per heavy atom. The highest BCUT2D eigenvalue weighted by Gasteiger charge is 2.32. The molecule has 0 bridgehead atoms. The molecule has 1 unspecified atom stereocenters. The van der Waals surface area contributed by atoms with Crippen LogP contribution in [0.4, 0.5) is 26.3 Å². The topological polar surface area (TPSA) is 132 Å². The lowest BCUT2D eigenvalue weighted by atomic mass is 10.2. The fraction of sp³-hybridized carbons (Fsp3) is 0.429. The third-order valence-corrected chi connectivity index (χ3v) is 5.91. The van der Waals surface area contributed by atoms with Gasteiger partial charge in [0.1, 0.15) is 11.4 Å². The van der Waals surface area contributed by atoms with Crippen LogP contribution < -0.4 is 0 Å². The van der Waals surface area contributed by atoms with Gasteiger partial charge in [-0.25, -0.2) is 8.42 Å². The van der Waals surface area contributed by atoms with E-state index in [0.717, 1.165) is 24.5 Å². The molecule has 0 saturated heterocycles. The molecule has 2 rings (SSSR count). The third-order valence-electron chi connectivity index (χ3n) is 3.65. The first-order valence-electron chi connectivity index (χ1n) is 9.58. The van der Waals surface area contributed by atoms with Crippen LogP contribution >= 0.6 is 11.6 Å². The first-order chi connectivity index (χ1) is 16.8. The van der Waals surface area contributed by atoms with Gasteiger partial charge in [-0.15, -0.1) is 20.3 Å². The molecule has 0 spiro atoms. The van der Waals surface area contributed by atoms with Gasteiger partial charge in [-0.2, -0.15) is 36.9 Å². The average Bonchev–Trinajstić information content (AvgIpc) is 2.77. The van der Waals surface area contributed by atoms with E-state index in [0.29, 0.717) is 11.1 Å². The molecule has 8 nitrogen and oxygen atoms in total. The van der Waals surface area contributed by atoms with Crippen LogP contribution in [0.25, 0.3) is 0 Å². The molecule has 0 fully saturated rings. The summed E-state index contributed by atoms with van der Waals surface area (Å²) in [6, 6.07) is 4.37. The van der Waals surface area contributed by atoms with Gasteiger partial charge < -0.3 is 0 Å². The summed E-state index contributed by atoms with van der Waals surface area (Å²) in [4.78, 5) is 6.49. The van der Waals surface area contributed by atoms with Crippen molar-refractivity contribution >= 4 is 31.1 Å². The summed E-state index contributed by atoms with van der Waals surface area (Å²) < 4.78 is 101. The lowest BCUT2D eigenvalue weighted by molar-refractivity contribution is -0.142. The zero-order chi connectivity index (χ0) is 28.9. The Morgan fingerprint density at radius 2 is 1.26 bits per heavy atom. The van der Waals surface area contributed by atoms with E-state index >= 15 is 0 Å². The molecule has 0 aromatic carbocycles. The molecule has 0 saturated carbocycles. The lowest BCUT2D eigenvalue weighted by Gasteiger charge is -2.06. The second-order valence-electron chi connectivity index (χ2n) is 7.21. The Morgan fingerprint density at radius 1 is 0.842 bits per heavy atom. The summed E-state index contributed by atoms with van der Waals surface area (Å²) in [6.45, 7) is 0. The van der Waals surface area contributed by atoms with E-state index in [1.54, 1.807) is 0 Å². The zero-order valence-corrected chi connectivity index (χ0v) is 21.9. The van der Waals surface area contributed by atoms with Crippen LogP contribution in [-0.4, -0.2) is 42.9 Å². The maximum Gasteiger partial charge on any atom is 0.433 e. The molecule has 38 heavy (non-hydrogen) atoms. The summed E-state index contributed by atoms with van der Waals surface area (Å²) in [5.74, 6) is 0.277. The normalized spacial score (nSPS) is 12.4. The summed E-state index contributed by atoms with van der Waals surface area (Å²) >= 11 is 5.37. The smallest absolute Gasteiger partial charge is 0.252 e. The molecule has 0 amide bonds. The Kier molecular flexibility index (Phi) is 15.8. The summed E-state index contributed by atoms with van der Waals surface area (Å²) in [7, 11) is -4.76. The van der Waals surface area contributed by atoms with Crippen LogP contribution in [-0.2, 0) is 44.1 Å². The van der Waals surface area contributed by atoms with Crippen molar-refractivity contribution in [3.8, 4) is 12.4 Å². The summed E-state index contributed by atoms with van der Waals surface area (Å²) in [5.41, 5.74) is -0.767. The Balaban J connectivity index is 0. The highest BCUT2D eigenvalue weighted by Crippen LogP contribution is 2.28. The molecular weight excluding hydrogens is 582 g/mol. The minimum Gasteiger partial charge on any atom is -0.252 e. The first-order valence-corrected chi connectivity index (χ1v) is 14.5. The number of pyridine rings is 2. The van der Waals surface area contributed by atoms with E-state index < -0.39 is 43.2 Å². The third kappa shape index (κ3) is 16.7. The van der Waals surface area contributed by atoms with Crippen LogP contribution in [0, 0.1) is 22.9 Å². The Labute approximate surface area is 223 Å². The minimum atomic E-state index is -4.47. The average molecular weight is 607 g/mol. The van der Waals surface area contributed by atoms with Crippen molar-refractivity contribution in [3.63, 3.8) is 0 Å². The van der Waals surface area contributed by atoms with E-state index in [4.69, 9.17) is 22.1 Å². The highest BCUT2D eigenvalue weighted by molar-refractivity contribution is 7.93. The largest absolute Gasteiger partial charge is 0.433 e. The van der Waals surface area contributed by atoms with Crippen molar-refractivity contribution in [2.24, 2.45) is 8.73 Å². The number of halogens is 7. The van der Waals surface area contributed by atoms with Crippen LogP contribution in [0.15, 0.2) is 45.4 Å². The molecule has 1 atom stereocenters. The molecule has 0 radical (unpaired) electrons. The van der Waals surface area contributed by atoms with E-state index in [1.165, 1.54) is 43.3 Å². The summed E-state index contributed by atoms with van der Waals surface area (Å²) in [5, 5.41) is 16.1. The van der Waals surface area contributed by atoms with Gasteiger partial charge in [0.05, 0.1) is 19.5 Å². The monoisotopic (exact) mass is 606 g/mol. The highest BCUT2D eigenvalue weighted by atomic mass is 35.5. The molecule has 0 aliphatic carbocycles. The van der Waals surface area contributed by atoms with Gasteiger partial charge in [-0.05, 0) is 29.7 Å². The van der Waals surface area contributed by atoms with E-state index in [2.05, 4.69) is 18.7 Å². The molecule has 2 aromatic heterocycles. The lowest BCUT2D eigenvalue weighted by Crippen LogP contribution is -2.09. The van der Waals surface area contributed by atoms with Crippen LogP contribution in [0.2, 0.25) is 0 Å². The van der Waals surface area contributed by atoms with Gasteiger partial charge >= 0.3 is 12.4 Å². The SMILES string of the molecule is C.CS(=O)(CCc1ccc(C(F)(F)F)nc1)=NC#N.CS(C)(=O)=NC#N.FC(F)(F)c1ccc(CCl)cn1. The second kappa shape index (κ2) is 16.1. The predicted molar refractivity (Wildman–Crippen MR) is 133 cm³/mol. The van der Waals surface area contributed by atoms with E-state index in [1.807, 2.05) is 0 Å². The molecule has 212 valence electrons. The van der Waals surface area contributed by atoms with Crippen molar-refractivity contribution in [1.29, 1.82) is 10.5 Å². The van der Waals surface area contributed by atoms with Gasteiger partial charge in [0.15, 0.2) is 0 Å². The van der Waals surface area contributed by atoms with Gasteiger partial charge in [0, 0.05) is 42.8 Å². The zero-order valence-electron chi connectivity index (χ0n) is 19.5. The Bertz CT molecular complexity index is 1330. The molecule has 2 heterocycles. The Hall–Kier alpha value is -2.95. The number of alkyl halides is 7. The number of rotatable bonds is 4. The van der Waals surface area contributed by atoms with Crippen molar-refractivity contribution in [3.05, 3.63) is 59.2 Å². The number of aromatic nitrogens is 2. The van der Waals surface area contributed by atoms with Crippen molar-refractivity contribution in [1.82, 2.24) is 9.97 Å². The van der Waals surface area contributed by atoms with Gasteiger partial charge in [-0.3, -0.25) is 9.97 Å². The van der Waals surface area contributed by atoms with Crippen LogP contribution in [0.5, 0.6) is 0 Å². The number of hydrogen-bond donors (Lipinski definition) is 0. The fourth-order valence-electron chi connectivity index (χ4n) is 1.95. The van der Waals surface area contributed by atoms with Crippen molar-refractivity contribution < 1.29 is 34.8 Å². The number of nitriles is 2. The molecular formula is C21H25ClF6N6O2S2. The van der Waals surface area contributed by atoms with Gasteiger partial charge in [-0.1, -0.05) is 19.6 Å². The fourth-order valence-corrected chi connectivity index (χ4v) is 3.18. The molecule has 2 aromatic rings. The van der Waals surface area contributed by atoms with Crippen LogP contribution in [0.1, 0.15) is 29.9 Å². The summed E-state index contributed by atoms with van der Waals surface area (Å²) in [6.07, 6.45) is 0.698. The minimum absolute atomic E-state index is 0. The quantitative estimate of drug-likeness (QED) is 0.242. The number of aryl methyl sites for hydroxylation is 1. The molecule has 0 aliphatic rings. The maximum absolute atomic E-state index is 12.2. The maximum atomic E-state index is 12.2. The predicted octanol–water partition coefficient (Wildman–Crippen LogP) is 5.89. The van der Waals surface area contributed by atoms with Crippen LogP contribution in [0.3, 0.4) is 0 Å².